The number of allylic oxidation sites excluding steroid dienone is 2. The summed E-state index contributed by atoms with van der Waals surface area (Å²) in [7, 11) is 0. The molecule has 7 heteroatoms. The molecule has 4 atom stereocenters. The van der Waals surface area contributed by atoms with Gasteiger partial charge in [-0.2, -0.15) is 0 Å². The van der Waals surface area contributed by atoms with Gasteiger partial charge in [-0.25, -0.2) is 4.79 Å². The number of aliphatic hydroxyl groups is 1. The molecule has 7 nitrogen and oxygen atoms in total. The molecule has 1 N–H and O–H groups in total. The van der Waals surface area contributed by atoms with E-state index >= 15 is 0 Å². The minimum Gasteiger partial charge on any atom is -0.394 e. The minimum atomic E-state index is -0.578. The summed E-state index contributed by atoms with van der Waals surface area (Å²) in [6, 6.07) is -0.265. The lowest BCUT2D eigenvalue weighted by atomic mass is 9.98. The predicted molar refractivity (Wildman–Crippen MR) is 113 cm³/mol. The maximum absolute atomic E-state index is 13.2. The first-order chi connectivity index (χ1) is 13.4. The van der Waals surface area contributed by atoms with Crippen molar-refractivity contribution in [3.05, 3.63) is 44.2 Å². The molecule has 2 heterocycles. The third-order valence-electron chi connectivity index (χ3n) is 5.02. The standard InChI is InChI=1S/C22H36N2O5/c1-14(2)8-9-16(4)24-20(26)15(3)11-23(21(24)27)19-10-17(18(12-25)29-19)28-13-22(5,6)7/h8,11,16-19,25H,9-10,12-13H2,1-7H3/t16?,17-,18-,19-/m1/s1. The molecule has 0 saturated carbocycles. The monoisotopic (exact) mass is 408 g/mol. The van der Waals surface area contributed by atoms with Gasteiger partial charge in [-0.3, -0.25) is 13.9 Å². The molecular weight excluding hydrogens is 372 g/mol. The van der Waals surface area contributed by atoms with Crippen molar-refractivity contribution in [1.82, 2.24) is 9.13 Å². The van der Waals surface area contributed by atoms with E-state index in [2.05, 4.69) is 20.8 Å². The highest BCUT2D eigenvalue weighted by Gasteiger charge is 2.38. The van der Waals surface area contributed by atoms with Gasteiger partial charge >= 0.3 is 5.69 Å². The lowest BCUT2D eigenvalue weighted by Gasteiger charge is -2.23. The van der Waals surface area contributed by atoms with Crippen LogP contribution in [0.4, 0.5) is 0 Å². The van der Waals surface area contributed by atoms with Crippen molar-refractivity contribution >= 4 is 0 Å². The smallest absolute Gasteiger partial charge is 0.333 e. The third-order valence-corrected chi connectivity index (χ3v) is 5.02. The van der Waals surface area contributed by atoms with Crippen LogP contribution in [0.3, 0.4) is 0 Å². The molecule has 0 radical (unpaired) electrons. The van der Waals surface area contributed by atoms with Gasteiger partial charge < -0.3 is 14.6 Å². The van der Waals surface area contributed by atoms with Crippen molar-refractivity contribution in [2.24, 2.45) is 5.41 Å². The Hall–Kier alpha value is -1.70. The first-order valence-corrected chi connectivity index (χ1v) is 10.3. The van der Waals surface area contributed by atoms with Crippen LogP contribution in [0, 0.1) is 12.3 Å². The normalized spacial score (nSPS) is 23.2. The molecule has 2 rings (SSSR count). The van der Waals surface area contributed by atoms with Crippen LogP contribution in [0.1, 0.15) is 72.2 Å². The zero-order chi connectivity index (χ0) is 21.9. The van der Waals surface area contributed by atoms with Crippen LogP contribution in [-0.2, 0) is 9.47 Å². The van der Waals surface area contributed by atoms with Gasteiger partial charge in [0.05, 0.1) is 19.3 Å². The van der Waals surface area contributed by atoms with E-state index in [-0.39, 0.29) is 29.7 Å². The number of rotatable bonds is 7. The van der Waals surface area contributed by atoms with E-state index < -0.39 is 18.0 Å². The Kier molecular flexibility index (Phi) is 7.65. The van der Waals surface area contributed by atoms with Crippen LogP contribution in [0.15, 0.2) is 27.4 Å². The summed E-state index contributed by atoms with van der Waals surface area (Å²) in [5, 5.41) is 9.71. The first-order valence-electron chi connectivity index (χ1n) is 10.3. The maximum atomic E-state index is 13.2. The van der Waals surface area contributed by atoms with Gasteiger partial charge in [0.15, 0.2) is 0 Å². The van der Waals surface area contributed by atoms with Crippen molar-refractivity contribution in [2.75, 3.05) is 13.2 Å². The highest BCUT2D eigenvalue weighted by atomic mass is 16.6. The molecule has 1 saturated heterocycles. The Morgan fingerprint density at radius 1 is 1.38 bits per heavy atom. The van der Waals surface area contributed by atoms with Crippen molar-refractivity contribution in [1.29, 1.82) is 0 Å². The number of nitrogens with zero attached hydrogens (tertiary/aromatic N) is 2. The number of ether oxygens (including phenoxy) is 2. The van der Waals surface area contributed by atoms with Crippen molar-refractivity contribution < 1.29 is 14.6 Å². The van der Waals surface area contributed by atoms with Crippen LogP contribution >= 0.6 is 0 Å². The molecule has 1 aliphatic heterocycles. The fourth-order valence-corrected chi connectivity index (χ4v) is 3.39. The van der Waals surface area contributed by atoms with Gasteiger partial charge in [0, 0.05) is 24.2 Å². The largest absolute Gasteiger partial charge is 0.394 e. The van der Waals surface area contributed by atoms with Crippen LogP contribution in [0.25, 0.3) is 0 Å². The second kappa shape index (κ2) is 9.41. The van der Waals surface area contributed by atoms with Crippen LogP contribution in [0.2, 0.25) is 0 Å². The Balaban J connectivity index is 2.34. The molecule has 0 aliphatic carbocycles. The van der Waals surface area contributed by atoms with Gasteiger partial charge in [-0.1, -0.05) is 32.4 Å². The SMILES string of the molecule is CC(C)=CCC(C)n1c(=O)c(C)cn([C@H]2C[C@@H](OCC(C)(C)C)[C@@H](CO)O2)c1=O. The van der Waals surface area contributed by atoms with Crippen LogP contribution in [-0.4, -0.2) is 39.7 Å². The van der Waals surface area contributed by atoms with Crippen molar-refractivity contribution in [2.45, 2.75) is 85.8 Å². The van der Waals surface area contributed by atoms with Gasteiger partial charge in [0.25, 0.3) is 5.56 Å². The molecule has 29 heavy (non-hydrogen) atoms. The topological polar surface area (TPSA) is 82.7 Å². The fourth-order valence-electron chi connectivity index (χ4n) is 3.39. The molecule has 0 bridgehead atoms. The Morgan fingerprint density at radius 3 is 2.59 bits per heavy atom. The summed E-state index contributed by atoms with van der Waals surface area (Å²) in [4.78, 5) is 25.8. The zero-order valence-corrected chi connectivity index (χ0v) is 18.8. The summed E-state index contributed by atoms with van der Waals surface area (Å²) < 4.78 is 14.7. The van der Waals surface area contributed by atoms with E-state index in [4.69, 9.17) is 9.47 Å². The molecule has 1 aliphatic rings. The zero-order valence-electron chi connectivity index (χ0n) is 18.8. The summed E-state index contributed by atoms with van der Waals surface area (Å²) in [6.07, 6.45) is 3.24. The van der Waals surface area contributed by atoms with Crippen molar-refractivity contribution in [3.8, 4) is 0 Å². The minimum absolute atomic E-state index is 0.0148. The number of aryl methyl sites for hydroxylation is 1. The summed E-state index contributed by atoms with van der Waals surface area (Å²) >= 11 is 0. The molecule has 0 amide bonds. The summed E-state index contributed by atoms with van der Waals surface area (Å²) in [5.41, 5.74) is 0.934. The summed E-state index contributed by atoms with van der Waals surface area (Å²) in [5.74, 6) is 0. The van der Waals surface area contributed by atoms with Crippen molar-refractivity contribution in [3.63, 3.8) is 0 Å². The fraction of sp³-hybridized carbons (Fsp3) is 0.727. The number of aromatic nitrogens is 2. The van der Waals surface area contributed by atoms with E-state index in [1.165, 1.54) is 9.13 Å². The number of hydrogen-bond acceptors (Lipinski definition) is 5. The van der Waals surface area contributed by atoms with Crippen LogP contribution < -0.4 is 11.2 Å². The molecule has 1 fully saturated rings. The Morgan fingerprint density at radius 2 is 2.03 bits per heavy atom. The molecule has 1 aromatic rings. The molecule has 1 aromatic heterocycles. The highest BCUT2D eigenvalue weighted by Crippen LogP contribution is 2.31. The Bertz CT molecular complexity index is 842. The predicted octanol–water partition coefficient (Wildman–Crippen LogP) is 2.95. The molecule has 0 spiro atoms. The first kappa shape index (κ1) is 23.6. The lowest BCUT2D eigenvalue weighted by molar-refractivity contribution is -0.0725. The van der Waals surface area contributed by atoms with E-state index in [1.54, 1.807) is 13.1 Å². The van der Waals surface area contributed by atoms with E-state index in [9.17, 15) is 14.7 Å². The van der Waals surface area contributed by atoms with Crippen LogP contribution in [0.5, 0.6) is 0 Å². The summed E-state index contributed by atoms with van der Waals surface area (Å²) in [6.45, 7) is 14.1. The number of aliphatic hydroxyl groups excluding tert-OH is 1. The average molecular weight is 409 g/mol. The van der Waals surface area contributed by atoms with E-state index in [0.29, 0.717) is 25.0 Å². The Labute approximate surface area is 173 Å². The molecule has 164 valence electrons. The lowest BCUT2D eigenvalue weighted by Crippen LogP contribution is -2.43. The van der Waals surface area contributed by atoms with Gasteiger partial charge in [-0.15, -0.1) is 0 Å². The highest BCUT2D eigenvalue weighted by molar-refractivity contribution is 5.06. The number of hydrogen-bond donors (Lipinski definition) is 1. The average Bonchev–Trinajstić information content (AvgIpc) is 3.04. The maximum Gasteiger partial charge on any atom is 0.333 e. The molecular formula is C22H36N2O5. The second-order valence-electron chi connectivity index (χ2n) is 9.50. The molecule has 0 aromatic carbocycles. The van der Waals surface area contributed by atoms with Gasteiger partial charge in [0.1, 0.15) is 12.3 Å². The van der Waals surface area contributed by atoms with Gasteiger partial charge in [0.2, 0.25) is 0 Å². The van der Waals surface area contributed by atoms with Gasteiger partial charge in [-0.05, 0) is 39.5 Å². The van der Waals surface area contributed by atoms with E-state index in [0.717, 1.165) is 5.57 Å². The quantitative estimate of drug-likeness (QED) is 0.702. The second-order valence-corrected chi connectivity index (χ2v) is 9.50. The van der Waals surface area contributed by atoms with E-state index in [1.807, 2.05) is 26.8 Å². The molecule has 1 unspecified atom stereocenters. The third kappa shape index (κ3) is 5.90.